The Labute approximate surface area is 113 Å². The molecule has 1 heterocycles. The molecule has 1 aromatic carbocycles. The minimum absolute atomic E-state index is 0.335. The van der Waals surface area contributed by atoms with Crippen molar-refractivity contribution in [1.29, 1.82) is 0 Å². The van der Waals surface area contributed by atoms with Gasteiger partial charge >= 0.3 is 0 Å². The molecule has 1 aromatic heterocycles. The summed E-state index contributed by atoms with van der Waals surface area (Å²) in [5, 5.41) is 3.39. The zero-order valence-corrected chi connectivity index (χ0v) is 11.2. The second-order valence-corrected chi connectivity index (χ2v) is 5.42. The van der Waals surface area contributed by atoms with Crippen molar-refractivity contribution in [3.8, 4) is 0 Å². The lowest BCUT2D eigenvalue weighted by atomic mass is 10.1. The average Bonchev–Trinajstić information content (AvgIpc) is 2.77. The van der Waals surface area contributed by atoms with E-state index in [1.54, 1.807) is 23.5 Å². The molecule has 84 valence electrons. The minimum atomic E-state index is -0.335. The SMILES string of the molecule is N[C@H](c1cccs1)c1c(Cl)ccc(Cl)c1Cl. The molecule has 2 aromatic rings. The molecule has 0 amide bonds. The smallest absolute Gasteiger partial charge is 0.0676 e. The fourth-order valence-corrected chi connectivity index (χ4v) is 2.94. The van der Waals surface area contributed by atoms with Gasteiger partial charge in [0.1, 0.15) is 0 Å². The van der Waals surface area contributed by atoms with Gasteiger partial charge in [-0.15, -0.1) is 11.3 Å². The molecule has 2 N–H and O–H groups in total. The van der Waals surface area contributed by atoms with E-state index in [-0.39, 0.29) is 6.04 Å². The van der Waals surface area contributed by atoms with Crippen LogP contribution in [0.1, 0.15) is 16.5 Å². The van der Waals surface area contributed by atoms with Gasteiger partial charge in [0.15, 0.2) is 0 Å². The van der Waals surface area contributed by atoms with Gasteiger partial charge < -0.3 is 5.73 Å². The highest BCUT2D eigenvalue weighted by atomic mass is 35.5. The molecule has 0 unspecified atom stereocenters. The standard InChI is InChI=1S/C11H8Cl3NS/c12-6-3-4-7(13)10(14)9(6)11(15)8-2-1-5-16-8/h1-5,11H,15H2/t11-/m1/s1. The molecule has 0 aliphatic carbocycles. The Balaban J connectivity index is 2.52. The van der Waals surface area contributed by atoms with Crippen LogP contribution in [0, 0.1) is 0 Å². The van der Waals surface area contributed by atoms with Crippen LogP contribution >= 0.6 is 46.1 Å². The molecule has 0 spiro atoms. The fourth-order valence-electron chi connectivity index (χ4n) is 1.44. The summed E-state index contributed by atoms with van der Waals surface area (Å²) in [6.45, 7) is 0. The van der Waals surface area contributed by atoms with E-state index in [4.69, 9.17) is 40.5 Å². The fraction of sp³-hybridized carbons (Fsp3) is 0.0909. The predicted molar refractivity (Wildman–Crippen MR) is 71.8 cm³/mol. The molecule has 5 heteroatoms. The molecule has 1 atom stereocenters. The van der Waals surface area contributed by atoms with Gasteiger partial charge in [0.05, 0.1) is 16.1 Å². The lowest BCUT2D eigenvalue weighted by molar-refractivity contribution is 0.894. The average molecular weight is 293 g/mol. The Morgan fingerprint density at radius 1 is 1.06 bits per heavy atom. The van der Waals surface area contributed by atoms with E-state index in [9.17, 15) is 0 Å². The first-order valence-corrected chi connectivity index (χ1v) is 6.55. The van der Waals surface area contributed by atoms with Crippen LogP contribution in [0.15, 0.2) is 29.6 Å². The van der Waals surface area contributed by atoms with Gasteiger partial charge in [-0.3, -0.25) is 0 Å². The van der Waals surface area contributed by atoms with Crippen LogP contribution in [0.2, 0.25) is 15.1 Å². The van der Waals surface area contributed by atoms with Crippen molar-refractivity contribution in [1.82, 2.24) is 0 Å². The van der Waals surface area contributed by atoms with Gasteiger partial charge in [0.25, 0.3) is 0 Å². The number of thiophene rings is 1. The zero-order chi connectivity index (χ0) is 11.7. The topological polar surface area (TPSA) is 26.0 Å². The van der Waals surface area contributed by atoms with Crippen LogP contribution in [0.5, 0.6) is 0 Å². The summed E-state index contributed by atoms with van der Waals surface area (Å²) < 4.78 is 0. The first-order valence-electron chi connectivity index (χ1n) is 4.53. The van der Waals surface area contributed by atoms with E-state index in [2.05, 4.69) is 0 Å². The van der Waals surface area contributed by atoms with Gasteiger partial charge in [0, 0.05) is 15.5 Å². The van der Waals surface area contributed by atoms with Crippen molar-refractivity contribution in [2.45, 2.75) is 6.04 Å². The van der Waals surface area contributed by atoms with Crippen molar-refractivity contribution >= 4 is 46.1 Å². The summed E-state index contributed by atoms with van der Waals surface area (Å²) in [6, 6.07) is 6.92. The van der Waals surface area contributed by atoms with E-state index in [1.165, 1.54) is 0 Å². The maximum Gasteiger partial charge on any atom is 0.0676 e. The molecule has 0 saturated carbocycles. The molecule has 0 aliphatic rings. The molecule has 16 heavy (non-hydrogen) atoms. The Bertz CT molecular complexity index is 496. The number of nitrogens with two attached hydrogens (primary N) is 1. The van der Waals surface area contributed by atoms with Crippen LogP contribution in [0.3, 0.4) is 0 Å². The van der Waals surface area contributed by atoms with Gasteiger partial charge in [-0.25, -0.2) is 0 Å². The van der Waals surface area contributed by atoms with Gasteiger partial charge in [-0.1, -0.05) is 40.9 Å². The Kier molecular flexibility index (Phi) is 3.77. The van der Waals surface area contributed by atoms with E-state index in [1.807, 2.05) is 17.5 Å². The van der Waals surface area contributed by atoms with E-state index >= 15 is 0 Å². The number of halogens is 3. The molecule has 0 fully saturated rings. The van der Waals surface area contributed by atoms with Gasteiger partial charge in [0.2, 0.25) is 0 Å². The zero-order valence-electron chi connectivity index (χ0n) is 8.08. The summed E-state index contributed by atoms with van der Waals surface area (Å²) in [5.41, 5.74) is 6.79. The number of rotatable bonds is 2. The maximum absolute atomic E-state index is 6.12. The Hall–Kier alpha value is -0.250. The quantitative estimate of drug-likeness (QED) is 0.794. The first kappa shape index (κ1) is 12.2. The third-order valence-corrected chi connectivity index (χ3v) is 4.34. The summed E-state index contributed by atoms with van der Waals surface area (Å²) in [5.74, 6) is 0. The lowest BCUT2D eigenvalue weighted by Crippen LogP contribution is -2.11. The van der Waals surface area contributed by atoms with Crippen molar-refractivity contribution < 1.29 is 0 Å². The maximum atomic E-state index is 6.12. The summed E-state index contributed by atoms with van der Waals surface area (Å²) in [7, 11) is 0. The second kappa shape index (κ2) is 4.94. The second-order valence-electron chi connectivity index (χ2n) is 3.25. The molecule has 2 rings (SSSR count). The van der Waals surface area contributed by atoms with E-state index in [0.29, 0.717) is 20.6 Å². The molecule has 0 radical (unpaired) electrons. The number of benzene rings is 1. The Morgan fingerprint density at radius 2 is 1.75 bits per heavy atom. The van der Waals surface area contributed by atoms with E-state index < -0.39 is 0 Å². The Morgan fingerprint density at radius 3 is 2.38 bits per heavy atom. The largest absolute Gasteiger partial charge is 0.320 e. The third-order valence-electron chi connectivity index (χ3n) is 2.24. The summed E-state index contributed by atoms with van der Waals surface area (Å²) >= 11 is 19.7. The van der Waals surface area contributed by atoms with Gasteiger partial charge in [-0.2, -0.15) is 0 Å². The number of hydrogen-bond acceptors (Lipinski definition) is 2. The van der Waals surface area contributed by atoms with Gasteiger partial charge in [-0.05, 0) is 23.6 Å². The lowest BCUT2D eigenvalue weighted by Gasteiger charge is -2.14. The van der Waals surface area contributed by atoms with Crippen LogP contribution in [0.4, 0.5) is 0 Å². The van der Waals surface area contributed by atoms with Crippen LogP contribution in [0.25, 0.3) is 0 Å². The van der Waals surface area contributed by atoms with E-state index in [0.717, 1.165) is 4.88 Å². The van der Waals surface area contributed by atoms with Crippen LogP contribution < -0.4 is 5.73 Å². The molecule has 0 saturated heterocycles. The third kappa shape index (κ3) is 2.22. The molecular formula is C11H8Cl3NS. The number of hydrogen-bond donors (Lipinski definition) is 1. The normalized spacial score (nSPS) is 12.8. The molecular weight excluding hydrogens is 285 g/mol. The van der Waals surface area contributed by atoms with Crippen LogP contribution in [-0.2, 0) is 0 Å². The van der Waals surface area contributed by atoms with Crippen molar-refractivity contribution in [2.24, 2.45) is 5.73 Å². The molecule has 1 nitrogen and oxygen atoms in total. The first-order chi connectivity index (χ1) is 7.61. The summed E-state index contributed by atoms with van der Waals surface area (Å²) in [4.78, 5) is 1.01. The monoisotopic (exact) mass is 291 g/mol. The van der Waals surface area contributed by atoms with Crippen molar-refractivity contribution in [2.75, 3.05) is 0 Å². The van der Waals surface area contributed by atoms with Crippen molar-refractivity contribution in [3.05, 3.63) is 55.2 Å². The van der Waals surface area contributed by atoms with Crippen LogP contribution in [-0.4, -0.2) is 0 Å². The predicted octanol–water partition coefficient (Wildman–Crippen LogP) is 4.76. The highest BCUT2D eigenvalue weighted by molar-refractivity contribution is 7.10. The highest BCUT2D eigenvalue weighted by Gasteiger charge is 2.18. The highest BCUT2D eigenvalue weighted by Crippen LogP contribution is 2.38. The summed E-state index contributed by atoms with van der Waals surface area (Å²) in [6.07, 6.45) is 0. The molecule has 0 aliphatic heterocycles. The molecule has 0 bridgehead atoms. The van der Waals surface area contributed by atoms with Crippen molar-refractivity contribution in [3.63, 3.8) is 0 Å². The minimum Gasteiger partial charge on any atom is -0.320 e.